The predicted molar refractivity (Wildman–Crippen MR) is 74.6 cm³/mol. The normalized spacial score (nSPS) is 19.8. The molecule has 1 fully saturated rings. The number of fused-ring (bicyclic) bond motifs is 1. The maximum Gasteiger partial charge on any atom is 0.336 e. The van der Waals surface area contributed by atoms with E-state index in [1.165, 1.54) is 12.1 Å². The largest absolute Gasteiger partial charge is 0.508 e. The van der Waals surface area contributed by atoms with Gasteiger partial charge < -0.3 is 14.6 Å². The summed E-state index contributed by atoms with van der Waals surface area (Å²) in [5, 5.41) is 19.5. The highest BCUT2D eigenvalue weighted by Crippen LogP contribution is 2.24. The van der Waals surface area contributed by atoms with Gasteiger partial charge in [0.05, 0.1) is 0 Å². The maximum atomic E-state index is 11.6. The second-order valence-electron chi connectivity index (χ2n) is 5.34. The lowest BCUT2D eigenvalue weighted by Gasteiger charge is -2.16. The maximum absolute atomic E-state index is 11.6. The summed E-state index contributed by atoms with van der Waals surface area (Å²) in [4.78, 5) is 13.8. The van der Waals surface area contributed by atoms with Crippen LogP contribution in [0.5, 0.6) is 5.75 Å². The summed E-state index contributed by atoms with van der Waals surface area (Å²) in [6, 6.07) is 6.32. The fourth-order valence-electron chi connectivity index (χ4n) is 2.80. The molecule has 1 saturated heterocycles. The third-order valence-electron chi connectivity index (χ3n) is 3.84. The number of phenols is 1. The molecule has 2 aromatic rings. The molecule has 2 N–H and O–H groups in total. The molecule has 5 nitrogen and oxygen atoms in total. The Bertz CT molecular complexity index is 679. The molecule has 1 aliphatic rings. The van der Waals surface area contributed by atoms with Crippen molar-refractivity contribution in [2.45, 2.75) is 13.0 Å². The zero-order valence-corrected chi connectivity index (χ0v) is 11.1. The number of hydrogen-bond acceptors (Lipinski definition) is 5. The molecule has 1 atom stereocenters. The van der Waals surface area contributed by atoms with Gasteiger partial charge in [-0.15, -0.1) is 0 Å². The lowest BCUT2D eigenvalue weighted by molar-refractivity contribution is 0.220. The molecule has 0 aliphatic carbocycles. The number of nitrogens with zero attached hydrogens (tertiary/aromatic N) is 1. The molecule has 0 saturated carbocycles. The van der Waals surface area contributed by atoms with Crippen molar-refractivity contribution in [2.75, 3.05) is 19.7 Å². The van der Waals surface area contributed by atoms with Gasteiger partial charge in [0.15, 0.2) is 0 Å². The van der Waals surface area contributed by atoms with Crippen molar-refractivity contribution in [3.05, 3.63) is 40.2 Å². The number of benzene rings is 1. The highest BCUT2D eigenvalue weighted by atomic mass is 16.4. The van der Waals surface area contributed by atoms with Crippen molar-refractivity contribution in [3.63, 3.8) is 0 Å². The quantitative estimate of drug-likeness (QED) is 0.826. The first-order valence-electron chi connectivity index (χ1n) is 6.74. The van der Waals surface area contributed by atoms with E-state index in [4.69, 9.17) is 4.42 Å². The molecular formula is C15H17NO4. The molecule has 1 aliphatic heterocycles. The summed E-state index contributed by atoms with van der Waals surface area (Å²) in [5.74, 6) is 0.407. The molecule has 0 spiro atoms. The fraction of sp³-hybridized carbons (Fsp3) is 0.400. The number of aliphatic hydroxyl groups is 1. The number of likely N-dealkylation sites (tertiary alicyclic amines) is 1. The average Bonchev–Trinajstić information content (AvgIpc) is 2.85. The number of aromatic hydroxyl groups is 1. The molecule has 1 aromatic carbocycles. The van der Waals surface area contributed by atoms with Crippen molar-refractivity contribution in [1.29, 1.82) is 0 Å². The number of hydrogen-bond donors (Lipinski definition) is 2. The van der Waals surface area contributed by atoms with Gasteiger partial charge in [-0.3, -0.25) is 4.90 Å². The zero-order chi connectivity index (χ0) is 14.1. The minimum absolute atomic E-state index is 0.0827. The first-order chi connectivity index (χ1) is 9.65. The summed E-state index contributed by atoms with van der Waals surface area (Å²) >= 11 is 0. The van der Waals surface area contributed by atoms with Gasteiger partial charge in [0.2, 0.25) is 0 Å². The van der Waals surface area contributed by atoms with Gasteiger partial charge in [-0.1, -0.05) is 0 Å². The van der Waals surface area contributed by atoms with E-state index in [9.17, 15) is 15.0 Å². The predicted octanol–water partition coefficient (Wildman–Crippen LogP) is 1.31. The Kier molecular flexibility index (Phi) is 3.46. The van der Waals surface area contributed by atoms with Crippen LogP contribution in [0.15, 0.2) is 33.5 Å². The fourth-order valence-corrected chi connectivity index (χ4v) is 2.80. The Balaban J connectivity index is 1.93. The summed E-state index contributed by atoms with van der Waals surface area (Å²) in [7, 11) is 0. The molecule has 5 heteroatoms. The summed E-state index contributed by atoms with van der Waals surface area (Å²) < 4.78 is 5.12. The Labute approximate surface area is 116 Å². The Morgan fingerprint density at radius 2 is 2.20 bits per heavy atom. The second-order valence-corrected chi connectivity index (χ2v) is 5.34. The monoisotopic (exact) mass is 275 g/mol. The van der Waals surface area contributed by atoms with E-state index in [2.05, 4.69) is 4.90 Å². The number of aliphatic hydroxyl groups excluding tert-OH is 1. The van der Waals surface area contributed by atoms with Crippen LogP contribution in [0.25, 0.3) is 11.0 Å². The molecule has 20 heavy (non-hydrogen) atoms. The Hall–Kier alpha value is -1.85. The molecule has 3 rings (SSSR count). The van der Waals surface area contributed by atoms with Crippen molar-refractivity contribution in [1.82, 2.24) is 4.90 Å². The van der Waals surface area contributed by atoms with Crippen LogP contribution in [0.2, 0.25) is 0 Å². The zero-order valence-electron chi connectivity index (χ0n) is 11.1. The lowest BCUT2D eigenvalue weighted by Crippen LogP contribution is -2.21. The number of rotatable bonds is 3. The van der Waals surface area contributed by atoms with Crippen molar-refractivity contribution >= 4 is 11.0 Å². The second kappa shape index (κ2) is 5.26. The first-order valence-corrected chi connectivity index (χ1v) is 6.74. The average molecular weight is 275 g/mol. The SMILES string of the molecule is O=c1cc(CN2CCC(CO)C2)c2ccc(O)cc2o1. The van der Waals surface area contributed by atoms with Gasteiger partial charge in [-0.25, -0.2) is 4.79 Å². The van der Waals surface area contributed by atoms with Gasteiger partial charge in [-0.05, 0) is 36.6 Å². The van der Waals surface area contributed by atoms with Crippen molar-refractivity contribution < 1.29 is 14.6 Å². The highest BCUT2D eigenvalue weighted by Gasteiger charge is 2.22. The molecule has 0 bridgehead atoms. The third kappa shape index (κ3) is 2.55. The van der Waals surface area contributed by atoms with Crippen LogP contribution in [0.4, 0.5) is 0 Å². The minimum atomic E-state index is -0.406. The third-order valence-corrected chi connectivity index (χ3v) is 3.84. The van der Waals surface area contributed by atoms with E-state index in [1.54, 1.807) is 12.1 Å². The van der Waals surface area contributed by atoms with Crippen molar-refractivity contribution in [3.8, 4) is 5.75 Å². The topological polar surface area (TPSA) is 73.9 Å². The number of phenolic OH excluding ortho intramolecular Hbond substituents is 1. The smallest absolute Gasteiger partial charge is 0.336 e. The van der Waals surface area contributed by atoms with Crippen LogP contribution in [0.1, 0.15) is 12.0 Å². The summed E-state index contributed by atoms with van der Waals surface area (Å²) in [6.07, 6.45) is 0.983. The van der Waals surface area contributed by atoms with Gasteiger partial charge in [0.1, 0.15) is 11.3 Å². The van der Waals surface area contributed by atoms with E-state index >= 15 is 0 Å². The molecule has 1 unspecified atom stereocenters. The molecule has 106 valence electrons. The molecule has 1 aromatic heterocycles. The van der Waals surface area contributed by atoms with Gasteiger partial charge >= 0.3 is 5.63 Å². The minimum Gasteiger partial charge on any atom is -0.508 e. The van der Waals surface area contributed by atoms with E-state index in [1.807, 2.05) is 0 Å². The Morgan fingerprint density at radius 3 is 2.95 bits per heavy atom. The van der Waals surface area contributed by atoms with E-state index in [0.717, 1.165) is 30.5 Å². The molecular weight excluding hydrogens is 258 g/mol. The first kappa shape index (κ1) is 13.1. The highest BCUT2D eigenvalue weighted by molar-refractivity contribution is 5.81. The summed E-state index contributed by atoms with van der Waals surface area (Å²) in [5.41, 5.74) is 0.899. The molecule has 0 amide bonds. The van der Waals surface area contributed by atoms with Crippen LogP contribution in [0, 0.1) is 5.92 Å². The van der Waals surface area contributed by atoms with Crippen LogP contribution < -0.4 is 5.63 Å². The van der Waals surface area contributed by atoms with E-state index < -0.39 is 5.63 Å². The van der Waals surface area contributed by atoms with E-state index in [0.29, 0.717) is 18.0 Å². The molecule has 0 radical (unpaired) electrons. The van der Waals surface area contributed by atoms with Crippen LogP contribution in [-0.4, -0.2) is 34.8 Å². The van der Waals surface area contributed by atoms with Crippen molar-refractivity contribution in [2.24, 2.45) is 5.92 Å². The van der Waals surface area contributed by atoms with Crippen LogP contribution >= 0.6 is 0 Å². The Morgan fingerprint density at radius 1 is 1.35 bits per heavy atom. The van der Waals surface area contributed by atoms with Crippen LogP contribution in [-0.2, 0) is 6.54 Å². The standard InChI is InChI=1S/C15H17NO4/c17-9-10-3-4-16(7-10)8-11-5-15(19)20-14-6-12(18)1-2-13(11)14/h1-2,5-6,10,17-18H,3-4,7-9H2. The molecule has 2 heterocycles. The van der Waals surface area contributed by atoms with E-state index in [-0.39, 0.29) is 12.4 Å². The lowest BCUT2D eigenvalue weighted by atomic mass is 10.1. The van der Waals surface area contributed by atoms with Gasteiger partial charge in [0, 0.05) is 37.2 Å². The van der Waals surface area contributed by atoms with Gasteiger partial charge in [0.25, 0.3) is 0 Å². The van der Waals surface area contributed by atoms with Crippen LogP contribution in [0.3, 0.4) is 0 Å². The van der Waals surface area contributed by atoms with Gasteiger partial charge in [-0.2, -0.15) is 0 Å². The summed E-state index contributed by atoms with van der Waals surface area (Å²) in [6.45, 7) is 2.63.